The highest BCUT2D eigenvalue weighted by atomic mass is 32.1. The van der Waals surface area contributed by atoms with Gasteiger partial charge in [-0.3, -0.25) is 4.79 Å². The number of carbonyl (C=O) groups excluding carboxylic acids is 1. The molecule has 1 fully saturated rings. The summed E-state index contributed by atoms with van der Waals surface area (Å²) in [5.41, 5.74) is 0.719. The number of piperidine rings is 1. The van der Waals surface area contributed by atoms with E-state index in [-0.39, 0.29) is 5.91 Å². The minimum absolute atomic E-state index is 0.174. The van der Waals surface area contributed by atoms with Crippen LogP contribution in [0.15, 0.2) is 0 Å². The van der Waals surface area contributed by atoms with E-state index >= 15 is 0 Å². The van der Waals surface area contributed by atoms with Crippen molar-refractivity contribution in [2.75, 3.05) is 6.54 Å². The van der Waals surface area contributed by atoms with Crippen LogP contribution in [-0.4, -0.2) is 39.5 Å². The SMILES string of the molecule is CCCc1nc(C)c(C(=O)N2CCC(C)CC2C(=O)O)s1. The Labute approximate surface area is 129 Å². The minimum atomic E-state index is -0.911. The van der Waals surface area contributed by atoms with Gasteiger partial charge in [0.05, 0.1) is 10.7 Å². The molecular formula is C15H22N2O3S. The topological polar surface area (TPSA) is 70.5 Å². The largest absolute Gasteiger partial charge is 0.480 e. The second-order valence-electron chi connectivity index (χ2n) is 5.75. The van der Waals surface area contributed by atoms with Gasteiger partial charge in [-0.05, 0) is 38.5 Å². The van der Waals surface area contributed by atoms with E-state index in [1.807, 2.05) is 13.8 Å². The molecule has 0 aliphatic carbocycles. The standard InChI is InChI=1S/C15H22N2O3S/c1-4-5-12-16-10(3)13(21-12)14(18)17-7-6-9(2)8-11(17)15(19)20/h9,11H,4-8H2,1-3H3,(H,19,20). The maximum Gasteiger partial charge on any atom is 0.326 e. The number of rotatable bonds is 4. The monoisotopic (exact) mass is 310 g/mol. The Balaban J connectivity index is 2.23. The smallest absolute Gasteiger partial charge is 0.326 e. The number of carboxylic acid groups (broad SMARTS) is 1. The number of hydrogen-bond acceptors (Lipinski definition) is 4. The Hall–Kier alpha value is -1.43. The zero-order valence-corrected chi connectivity index (χ0v) is 13.6. The molecule has 2 rings (SSSR count). The molecule has 2 unspecified atom stereocenters. The van der Waals surface area contributed by atoms with Crippen molar-refractivity contribution in [2.45, 2.75) is 52.5 Å². The lowest BCUT2D eigenvalue weighted by molar-refractivity contribution is -0.144. The number of hydrogen-bond donors (Lipinski definition) is 1. The lowest BCUT2D eigenvalue weighted by Crippen LogP contribution is -2.49. The van der Waals surface area contributed by atoms with Crippen LogP contribution in [0.1, 0.15) is 53.5 Å². The number of aryl methyl sites for hydroxylation is 2. The summed E-state index contributed by atoms with van der Waals surface area (Å²) < 4.78 is 0. The summed E-state index contributed by atoms with van der Waals surface area (Å²) in [6.07, 6.45) is 3.23. The van der Waals surface area contributed by atoms with Gasteiger partial charge in [0.2, 0.25) is 0 Å². The molecule has 21 heavy (non-hydrogen) atoms. The first-order chi connectivity index (χ1) is 9.93. The van der Waals surface area contributed by atoms with Crippen LogP contribution in [-0.2, 0) is 11.2 Å². The lowest BCUT2D eigenvalue weighted by Gasteiger charge is -2.35. The van der Waals surface area contributed by atoms with Crippen molar-refractivity contribution < 1.29 is 14.7 Å². The Kier molecular flexibility index (Phi) is 4.98. The van der Waals surface area contributed by atoms with Crippen molar-refractivity contribution in [3.63, 3.8) is 0 Å². The van der Waals surface area contributed by atoms with Crippen LogP contribution in [0, 0.1) is 12.8 Å². The molecule has 1 N–H and O–H groups in total. The van der Waals surface area contributed by atoms with Crippen LogP contribution >= 0.6 is 11.3 Å². The molecular weight excluding hydrogens is 288 g/mol. The number of nitrogens with zero attached hydrogens (tertiary/aromatic N) is 2. The summed E-state index contributed by atoms with van der Waals surface area (Å²) in [5.74, 6) is -0.745. The van der Waals surface area contributed by atoms with Gasteiger partial charge in [0.15, 0.2) is 0 Å². The van der Waals surface area contributed by atoms with E-state index < -0.39 is 12.0 Å². The average Bonchev–Trinajstić information content (AvgIpc) is 2.79. The molecule has 1 aliphatic rings. The van der Waals surface area contributed by atoms with Crippen molar-refractivity contribution in [1.82, 2.24) is 9.88 Å². The first kappa shape index (κ1) is 15.9. The number of carbonyl (C=O) groups is 2. The van der Waals surface area contributed by atoms with Crippen molar-refractivity contribution in [3.8, 4) is 0 Å². The number of likely N-dealkylation sites (tertiary alicyclic amines) is 1. The lowest BCUT2D eigenvalue weighted by atomic mass is 9.92. The fraction of sp³-hybridized carbons (Fsp3) is 0.667. The van der Waals surface area contributed by atoms with Crippen molar-refractivity contribution in [3.05, 3.63) is 15.6 Å². The van der Waals surface area contributed by atoms with Gasteiger partial charge in [0.1, 0.15) is 10.9 Å². The molecule has 116 valence electrons. The van der Waals surface area contributed by atoms with Crippen molar-refractivity contribution in [1.29, 1.82) is 0 Å². The highest BCUT2D eigenvalue weighted by Crippen LogP contribution is 2.27. The number of amides is 1. The molecule has 6 heteroatoms. The summed E-state index contributed by atoms with van der Waals surface area (Å²) in [5, 5.41) is 10.3. The quantitative estimate of drug-likeness (QED) is 0.928. The second-order valence-corrected chi connectivity index (χ2v) is 6.84. The van der Waals surface area contributed by atoms with Gasteiger partial charge in [-0.15, -0.1) is 11.3 Å². The summed E-state index contributed by atoms with van der Waals surface area (Å²) >= 11 is 1.41. The van der Waals surface area contributed by atoms with Crippen LogP contribution in [0.2, 0.25) is 0 Å². The molecule has 2 heterocycles. The molecule has 5 nitrogen and oxygen atoms in total. The first-order valence-corrected chi connectivity index (χ1v) is 8.25. The minimum Gasteiger partial charge on any atom is -0.480 e. The molecule has 0 saturated carbocycles. The predicted molar refractivity (Wildman–Crippen MR) is 81.7 cm³/mol. The van der Waals surface area contributed by atoms with Crippen molar-refractivity contribution >= 4 is 23.2 Å². The molecule has 1 amide bonds. The molecule has 1 aromatic rings. The highest BCUT2D eigenvalue weighted by molar-refractivity contribution is 7.13. The maximum atomic E-state index is 12.7. The normalized spacial score (nSPS) is 22.3. The van der Waals surface area contributed by atoms with Crippen LogP contribution in [0.25, 0.3) is 0 Å². The Bertz CT molecular complexity index is 541. The van der Waals surface area contributed by atoms with Crippen LogP contribution < -0.4 is 0 Å². The van der Waals surface area contributed by atoms with Crippen LogP contribution in [0.5, 0.6) is 0 Å². The number of aliphatic carboxylic acids is 1. The third kappa shape index (κ3) is 3.43. The Morgan fingerprint density at radius 1 is 1.48 bits per heavy atom. The van der Waals surface area contributed by atoms with Gasteiger partial charge in [0, 0.05) is 6.54 Å². The zero-order chi connectivity index (χ0) is 15.6. The van der Waals surface area contributed by atoms with E-state index in [9.17, 15) is 14.7 Å². The molecule has 0 radical (unpaired) electrons. The summed E-state index contributed by atoms with van der Waals surface area (Å²) in [4.78, 5) is 30.7. The zero-order valence-electron chi connectivity index (χ0n) is 12.8. The Morgan fingerprint density at radius 2 is 2.19 bits per heavy atom. The van der Waals surface area contributed by atoms with Crippen LogP contribution in [0.3, 0.4) is 0 Å². The van der Waals surface area contributed by atoms with Gasteiger partial charge >= 0.3 is 5.97 Å². The molecule has 1 saturated heterocycles. The number of carboxylic acids is 1. The van der Waals surface area contributed by atoms with Crippen LogP contribution in [0.4, 0.5) is 0 Å². The fourth-order valence-electron chi connectivity index (χ4n) is 2.72. The van der Waals surface area contributed by atoms with Crippen molar-refractivity contribution in [2.24, 2.45) is 5.92 Å². The molecule has 1 aliphatic heterocycles. The number of thiazole rings is 1. The maximum absolute atomic E-state index is 12.7. The number of aromatic nitrogens is 1. The van der Waals surface area contributed by atoms with Gasteiger partial charge in [-0.2, -0.15) is 0 Å². The molecule has 0 spiro atoms. The predicted octanol–water partition coefficient (Wildman–Crippen LogP) is 2.73. The summed E-state index contributed by atoms with van der Waals surface area (Å²) in [7, 11) is 0. The van der Waals surface area contributed by atoms with Gasteiger partial charge < -0.3 is 10.0 Å². The third-order valence-electron chi connectivity index (χ3n) is 3.91. The van der Waals surface area contributed by atoms with Gasteiger partial charge in [-0.1, -0.05) is 13.8 Å². The van der Waals surface area contributed by atoms with E-state index in [0.29, 0.717) is 23.8 Å². The van der Waals surface area contributed by atoms with E-state index in [4.69, 9.17) is 0 Å². The molecule has 0 aromatic carbocycles. The van der Waals surface area contributed by atoms with Gasteiger partial charge in [0.25, 0.3) is 5.91 Å². The second kappa shape index (κ2) is 6.56. The summed E-state index contributed by atoms with van der Waals surface area (Å²) in [6, 6.07) is -0.711. The third-order valence-corrected chi connectivity index (χ3v) is 5.11. The first-order valence-electron chi connectivity index (χ1n) is 7.44. The van der Waals surface area contributed by atoms with Gasteiger partial charge in [-0.25, -0.2) is 9.78 Å². The summed E-state index contributed by atoms with van der Waals surface area (Å²) in [6.45, 7) is 6.45. The Morgan fingerprint density at radius 3 is 2.81 bits per heavy atom. The van der Waals surface area contributed by atoms with E-state index in [2.05, 4.69) is 11.9 Å². The molecule has 1 aromatic heterocycles. The molecule has 2 atom stereocenters. The molecule has 0 bridgehead atoms. The van der Waals surface area contributed by atoms with E-state index in [1.165, 1.54) is 16.2 Å². The van der Waals surface area contributed by atoms with E-state index in [1.54, 1.807) is 0 Å². The van der Waals surface area contributed by atoms with E-state index in [0.717, 1.165) is 30.0 Å². The highest BCUT2D eigenvalue weighted by Gasteiger charge is 2.36. The fourth-order valence-corrected chi connectivity index (χ4v) is 3.84. The average molecular weight is 310 g/mol.